The monoisotopic (exact) mass is 340 g/mol. The van der Waals surface area contributed by atoms with Crippen LogP contribution in [0.15, 0.2) is 53.2 Å². The van der Waals surface area contributed by atoms with Crippen molar-refractivity contribution in [2.45, 2.75) is 18.9 Å². The van der Waals surface area contributed by atoms with Gasteiger partial charge >= 0.3 is 0 Å². The van der Waals surface area contributed by atoms with E-state index >= 15 is 0 Å². The maximum Gasteiger partial charge on any atom is 0.247 e. The summed E-state index contributed by atoms with van der Waals surface area (Å²) in [5, 5.41) is 9.13. The number of hydrogen-bond acceptors (Lipinski definition) is 5. The Morgan fingerprint density at radius 1 is 1.17 bits per heavy atom. The molecular weight excluding hydrogens is 324 g/mol. The van der Waals surface area contributed by atoms with Crippen molar-refractivity contribution < 1.29 is 4.42 Å². The predicted molar refractivity (Wildman–Crippen MR) is 91.6 cm³/mol. The van der Waals surface area contributed by atoms with E-state index in [0.717, 1.165) is 31.6 Å². The SMILES string of the molecule is Clc1ccc(-c2nnc([C@H]3CCN(Cc4cccnc4)C3)o2)cc1. The Hall–Kier alpha value is -2.24. The zero-order valence-electron chi connectivity index (χ0n) is 13.1. The van der Waals surface area contributed by atoms with Gasteiger partial charge in [0.05, 0.1) is 5.92 Å². The molecule has 0 spiro atoms. The van der Waals surface area contributed by atoms with Crippen LogP contribution in [-0.2, 0) is 6.54 Å². The minimum absolute atomic E-state index is 0.287. The fourth-order valence-corrected chi connectivity index (χ4v) is 3.16. The molecule has 2 aromatic heterocycles. The molecule has 0 amide bonds. The van der Waals surface area contributed by atoms with Crippen molar-refractivity contribution in [3.63, 3.8) is 0 Å². The largest absolute Gasteiger partial charge is 0.420 e. The molecule has 1 aliphatic rings. The first-order valence-electron chi connectivity index (χ1n) is 7.98. The van der Waals surface area contributed by atoms with E-state index in [4.69, 9.17) is 16.0 Å². The number of aromatic nitrogens is 3. The van der Waals surface area contributed by atoms with Gasteiger partial charge in [0.1, 0.15) is 0 Å². The van der Waals surface area contributed by atoms with E-state index in [9.17, 15) is 0 Å². The first-order valence-corrected chi connectivity index (χ1v) is 8.36. The standard InChI is InChI=1S/C18H17ClN4O/c19-16-5-3-14(4-6-16)17-21-22-18(24-17)15-7-9-23(12-15)11-13-2-1-8-20-10-13/h1-6,8,10,15H,7,9,11-12H2/t15-/m0/s1. The molecule has 1 aromatic carbocycles. The van der Waals surface area contributed by atoms with E-state index < -0.39 is 0 Å². The first-order chi connectivity index (χ1) is 11.8. The maximum atomic E-state index is 5.91. The van der Waals surface area contributed by atoms with Crippen LogP contribution in [0.2, 0.25) is 5.02 Å². The quantitative estimate of drug-likeness (QED) is 0.723. The molecule has 4 rings (SSSR count). The van der Waals surface area contributed by atoms with Crippen LogP contribution in [0.1, 0.15) is 23.8 Å². The van der Waals surface area contributed by atoms with Gasteiger partial charge in [-0.3, -0.25) is 9.88 Å². The van der Waals surface area contributed by atoms with Crippen LogP contribution in [-0.4, -0.2) is 33.2 Å². The molecule has 0 saturated carbocycles. The van der Waals surface area contributed by atoms with Gasteiger partial charge in [0.15, 0.2) is 0 Å². The third-order valence-electron chi connectivity index (χ3n) is 4.28. The van der Waals surface area contributed by atoms with Crippen LogP contribution >= 0.6 is 11.6 Å². The highest BCUT2D eigenvalue weighted by Gasteiger charge is 2.28. The molecule has 24 heavy (non-hydrogen) atoms. The van der Waals surface area contributed by atoms with Gasteiger partial charge in [0.25, 0.3) is 0 Å². The zero-order chi connectivity index (χ0) is 16.4. The molecule has 3 heterocycles. The summed E-state index contributed by atoms with van der Waals surface area (Å²) in [7, 11) is 0. The maximum absolute atomic E-state index is 5.91. The molecule has 1 fully saturated rings. The van der Waals surface area contributed by atoms with Crippen molar-refractivity contribution in [1.29, 1.82) is 0 Å². The van der Waals surface area contributed by atoms with E-state index in [2.05, 4.69) is 26.1 Å². The molecule has 1 saturated heterocycles. The summed E-state index contributed by atoms with van der Waals surface area (Å²) in [6.45, 7) is 2.86. The summed E-state index contributed by atoms with van der Waals surface area (Å²) in [6.07, 6.45) is 4.74. The minimum Gasteiger partial charge on any atom is -0.420 e. The Labute approximate surface area is 145 Å². The fourth-order valence-electron chi connectivity index (χ4n) is 3.04. The normalized spacial score (nSPS) is 18.1. The number of halogens is 1. The summed E-state index contributed by atoms with van der Waals surface area (Å²) in [5.74, 6) is 1.55. The van der Waals surface area contributed by atoms with Crippen molar-refractivity contribution in [3.05, 3.63) is 65.3 Å². The van der Waals surface area contributed by atoms with E-state index in [1.807, 2.05) is 36.5 Å². The smallest absolute Gasteiger partial charge is 0.247 e. The molecule has 0 N–H and O–H groups in total. The fraction of sp³-hybridized carbons (Fsp3) is 0.278. The summed E-state index contributed by atoms with van der Waals surface area (Å²) in [5.41, 5.74) is 2.12. The molecule has 122 valence electrons. The van der Waals surface area contributed by atoms with Crippen molar-refractivity contribution in [1.82, 2.24) is 20.1 Å². The molecule has 5 nitrogen and oxygen atoms in total. The van der Waals surface area contributed by atoms with Crippen LogP contribution in [0, 0.1) is 0 Å². The Balaban J connectivity index is 1.43. The van der Waals surface area contributed by atoms with Gasteiger partial charge in [0.2, 0.25) is 11.8 Å². The lowest BCUT2D eigenvalue weighted by atomic mass is 10.1. The molecule has 0 unspecified atom stereocenters. The Bertz CT molecular complexity index is 803. The van der Waals surface area contributed by atoms with E-state index in [0.29, 0.717) is 16.8 Å². The highest BCUT2D eigenvalue weighted by atomic mass is 35.5. The number of pyridine rings is 1. The summed E-state index contributed by atoms with van der Waals surface area (Å²) < 4.78 is 5.89. The van der Waals surface area contributed by atoms with Crippen LogP contribution in [0.3, 0.4) is 0 Å². The van der Waals surface area contributed by atoms with Gasteiger partial charge < -0.3 is 4.42 Å². The third-order valence-corrected chi connectivity index (χ3v) is 4.53. The van der Waals surface area contributed by atoms with Crippen LogP contribution < -0.4 is 0 Å². The van der Waals surface area contributed by atoms with Crippen LogP contribution in [0.4, 0.5) is 0 Å². The average molecular weight is 341 g/mol. The Morgan fingerprint density at radius 3 is 2.83 bits per heavy atom. The first kappa shape index (κ1) is 15.3. The lowest BCUT2D eigenvalue weighted by molar-refractivity contribution is 0.320. The second-order valence-corrected chi connectivity index (χ2v) is 6.47. The van der Waals surface area contributed by atoms with E-state index in [1.54, 1.807) is 6.20 Å². The summed E-state index contributed by atoms with van der Waals surface area (Å²) in [6, 6.07) is 11.5. The Morgan fingerprint density at radius 2 is 2.04 bits per heavy atom. The van der Waals surface area contributed by atoms with Crippen molar-refractivity contribution in [3.8, 4) is 11.5 Å². The number of benzene rings is 1. The van der Waals surface area contributed by atoms with E-state index in [-0.39, 0.29) is 5.92 Å². The van der Waals surface area contributed by atoms with Gasteiger partial charge in [-0.05, 0) is 48.9 Å². The minimum atomic E-state index is 0.287. The topological polar surface area (TPSA) is 55.1 Å². The zero-order valence-corrected chi connectivity index (χ0v) is 13.9. The van der Waals surface area contributed by atoms with Gasteiger partial charge in [-0.25, -0.2) is 0 Å². The molecule has 0 aliphatic carbocycles. The number of hydrogen-bond donors (Lipinski definition) is 0. The van der Waals surface area contributed by atoms with Crippen molar-refractivity contribution in [2.24, 2.45) is 0 Å². The van der Waals surface area contributed by atoms with Gasteiger partial charge in [-0.15, -0.1) is 10.2 Å². The van der Waals surface area contributed by atoms with Gasteiger partial charge in [0, 0.05) is 36.1 Å². The van der Waals surface area contributed by atoms with Crippen LogP contribution in [0.25, 0.3) is 11.5 Å². The van der Waals surface area contributed by atoms with Gasteiger partial charge in [-0.1, -0.05) is 17.7 Å². The lowest BCUT2D eigenvalue weighted by Crippen LogP contribution is -2.19. The number of nitrogens with zero attached hydrogens (tertiary/aromatic N) is 4. The molecular formula is C18H17ClN4O. The number of likely N-dealkylation sites (tertiary alicyclic amines) is 1. The third kappa shape index (κ3) is 3.32. The van der Waals surface area contributed by atoms with Crippen molar-refractivity contribution >= 4 is 11.6 Å². The molecule has 6 heteroatoms. The van der Waals surface area contributed by atoms with E-state index in [1.165, 1.54) is 5.56 Å². The van der Waals surface area contributed by atoms with Gasteiger partial charge in [-0.2, -0.15) is 0 Å². The molecule has 0 bridgehead atoms. The molecule has 0 radical (unpaired) electrons. The molecule has 3 aromatic rings. The molecule has 1 atom stereocenters. The second-order valence-electron chi connectivity index (χ2n) is 6.03. The highest BCUT2D eigenvalue weighted by Crippen LogP contribution is 2.29. The number of rotatable bonds is 4. The average Bonchev–Trinajstić information content (AvgIpc) is 3.26. The lowest BCUT2D eigenvalue weighted by Gasteiger charge is -2.14. The second kappa shape index (κ2) is 6.71. The predicted octanol–water partition coefficient (Wildman–Crippen LogP) is 3.77. The highest BCUT2D eigenvalue weighted by molar-refractivity contribution is 6.30. The summed E-state index contributed by atoms with van der Waals surface area (Å²) in [4.78, 5) is 6.57. The molecule has 1 aliphatic heterocycles. The Kier molecular flexibility index (Phi) is 4.28. The van der Waals surface area contributed by atoms with Crippen molar-refractivity contribution in [2.75, 3.05) is 13.1 Å². The van der Waals surface area contributed by atoms with Crippen LogP contribution in [0.5, 0.6) is 0 Å². The summed E-state index contributed by atoms with van der Waals surface area (Å²) >= 11 is 5.91.